The minimum absolute atomic E-state index is 0.0335. The quantitative estimate of drug-likeness (QED) is 0.315. The van der Waals surface area contributed by atoms with Crippen molar-refractivity contribution in [2.24, 2.45) is 0 Å². The maximum Gasteiger partial charge on any atom is 0.318 e. The number of nitrogens with zero attached hydrogens (tertiary/aromatic N) is 3. The summed E-state index contributed by atoms with van der Waals surface area (Å²) in [5.41, 5.74) is 3.91. The summed E-state index contributed by atoms with van der Waals surface area (Å²) in [5, 5.41) is 22.4. The molecule has 4 aromatic rings. The van der Waals surface area contributed by atoms with Crippen molar-refractivity contribution >= 4 is 34.1 Å². The van der Waals surface area contributed by atoms with Crippen LogP contribution in [0.4, 0.5) is 11.4 Å². The monoisotopic (exact) mass is 443 g/mol. The van der Waals surface area contributed by atoms with E-state index in [1.165, 1.54) is 18.2 Å². The Balaban J connectivity index is 1.37. The summed E-state index contributed by atoms with van der Waals surface area (Å²) in [5.74, 6) is 0.0816. The predicted octanol–water partition coefficient (Wildman–Crippen LogP) is 4.51. The third-order valence-electron chi connectivity index (χ3n) is 5.75. The van der Waals surface area contributed by atoms with Crippen LogP contribution in [0.2, 0.25) is 0 Å². The molecule has 0 spiro atoms. The van der Waals surface area contributed by atoms with Crippen molar-refractivity contribution in [1.82, 2.24) is 9.71 Å². The number of carbonyl (C=O) groups is 2. The molecule has 0 saturated carbocycles. The van der Waals surface area contributed by atoms with Gasteiger partial charge < -0.3 is 10.5 Å². The number of hydrogen-bond acceptors (Lipinski definition) is 5. The lowest BCUT2D eigenvalue weighted by Crippen LogP contribution is -2.15. The van der Waals surface area contributed by atoms with Gasteiger partial charge in [-0.2, -0.15) is 4.73 Å². The molecule has 0 fully saturated rings. The lowest BCUT2D eigenvalue weighted by molar-refractivity contribution is -0.729. The molecule has 33 heavy (non-hydrogen) atoms. The van der Waals surface area contributed by atoms with Gasteiger partial charge in [-0.25, -0.2) is 10.2 Å². The van der Waals surface area contributed by atoms with E-state index in [-0.39, 0.29) is 33.6 Å². The van der Waals surface area contributed by atoms with E-state index in [2.05, 4.69) is 10.3 Å². The van der Waals surface area contributed by atoms with Crippen LogP contribution >= 0.6 is 0 Å². The van der Waals surface area contributed by atoms with Crippen LogP contribution < -0.4 is 5.32 Å². The average molecular weight is 443 g/mol. The summed E-state index contributed by atoms with van der Waals surface area (Å²) in [4.78, 5) is 39.9. The number of amides is 1. The third kappa shape index (κ3) is 3.69. The number of nitrogens with one attached hydrogen (secondary N) is 1. The smallest absolute Gasteiger partial charge is 0.318 e. The first-order valence-electron chi connectivity index (χ1n) is 10.4. The maximum atomic E-state index is 12.7. The summed E-state index contributed by atoms with van der Waals surface area (Å²) in [7, 11) is 0. The van der Waals surface area contributed by atoms with Crippen LogP contribution in [0.1, 0.15) is 39.1 Å². The summed E-state index contributed by atoms with van der Waals surface area (Å²) < 4.78 is 0.838. The highest BCUT2D eigenvalue weighted by Gasteiger charge is 2.20. The van der Waals surface area contributed by atoms with Crippen molar-refractivity contribution in [2.45, 2.75) is 19.3 Å². The summed E-state index contributed by atoms with van der Waals surface area (Å²) >= 11 is 0. The Morgan fingerprint density at radius 2 is 1.82 bits per heavy atom. The highest BCUT2D eigenvalue weighted by Crippen LogP contribution is 2.27. The van der Waals surface area contributed by atoms with E-state index in [0.717, 1.165) is 23.1 Å². The van der Waals surface area contributed by atoms with Crippen molar-refractivity contribution in [3.63, 3.8) is 0 Å². The first-order chi connectivity index (χ1) is 15.9. The highest BCUT2D eigenvalue weighted by molar-refractivity contribution is 6.06. The van der Waals surface area contributed by atoms with E-state index < -0.39 is 0 Å². The van der Waals surface area contributed by atoms with Crippen molar-refractivity contribution < 1.29 is 24.9 Å². The van der Waals surface area contributed by atoms with Crippen LogP contribution in [0.15, 0.2) is 60.7 Å². The minimum Gasteiger partial charge on any atom is -0.426 e. The second-order valence-corrected chi connectivity index (χ2v) is 7.87. The Hall–Kier alpha value is -4.53. The molecule has 0 unspecified atom stereocenters. The Morgan fingerprint density at radius 3 is 2.58 bits per heavy atom. The average Bonchev–Trinajstić information content (AvgIpc) is 3.15. The molecule has 0 saturated heterocycles. The molecule has 1 amide bonds. The SMILES string of the molecule is O=C(Nc1ccc(-c2nc3ccc([N+](=O)O)cc3n2O)cc1)c1ccc2c(c1)CCCC2=O. The van der Waals surface area contributed by atoms with E-state index in [0.29, 0.717) is 34.3 Å². The molecule has 1 aliphatic carbocycles. The van der Waals surface area contributed by atoms with Gasteiger partial charge >= 0.3 is 5.69 Å². The van der Waals surface area contributed by atoms with Crippen LogP contribution in [0, 0.1) is 4.91 Å². The number of Topliss-reactive ketones (excluding diaryl/α,β-unsaturated/α-hetero) is 1. The van der Waals surface area contributed by atoms with Gasteiger partial charge in [0.2, 0.25) is 0 Å². The lowest BCUT2D eigenvalue weighted by Gasteiger charge is -2.15. The topological polar surface area (TPSA) is 125 Å². The van der Waals surface area contributed by atoms with Crippen molar-refractivity contribution in [1.29, 1.82) is 0 Å². The number of benzene rings is 3. The second kappa shape index (κ2) is 7.86. The molecular formula is C24H19N4O5+. The molecule has 9 heteroatoms. The van der Waals surface area contributed by atoms with Gasteiger partial charge in [-0.1, -0.05) is 6.07 Å². The van der Waals surface area contributed by atoms with Crippen molar-refractivity contribution in [2.75, 3.05) is 5.32 Å². The Bertz CT molecular complexity index is 1440. The Kier molecular flexibility index (Phi) is 4.86. The largest absolute Gasteiger partial charge is 0.426 e. The molecule has 3 N–H and O–H groups in total. The van der Waals surface area contributed by atoms with Gasteiger partial charge in [0.05, 0.1) is 10.4 Å². The molecule has 1 aliphatic rings. The molecule has 0 radical (unpaired) electrons. The molecule has 5 rings (SSSR count). The predicted molar refractivity (Wildman–Crippen MR) is 119 cm³/mol. The van der Waals surface area contributed by atoms with Crippen LogP contribution in [0.25, 0.3) is 22.4 Å². The summed E-state index contributed by atoms with van der Waals surface area (Å²) in [6.07, 6.45) is 2.13. The van der Waals surface area contributed by atoms with Crippen LogP contribution in [0.3, 0.4) is 0 Å². The number of anilines is 1. The molecule has 0 aliphatic heterocycles. The van der Waals surface area contributed by atoms with Gasteiger partial charge in [0.25, 0.3) is 10.8 Å². The fourth-order valence-electron chi connectivity index (χ4n) is 4.05. The van der Waals surface area contributed by atoms with Crippen LogP contribution in [0.5, 0.6) is 0 Å². The number of aryl methyl sites for hydroxylation is 1. The van der Waals surface area contributed by atoms with E-state index in [1.54, 1.807) is 42.5 Å². The zero-order valence-corrected chi connectivity index (χ0v) is 17.4. The Morgan fingerprint density at radius 1 is 1.03 bits per heavy atom. The van der Waals surface area contributed by atoms with Gasteiger partial charge in [0, 0.05) is 40.9 Å². The van der Waals surface area contributed by atoms with E-state index in [4.69, 9.17) is 5.21 Å². The number of fused-ring (bicyclic) bond motifs is 2. The normalized spacial score (nSPS) is 13.0. The molecule has 9 nitrogen and oxygen atoms in total. The van der Waals surface area contributed by atoms with Crippen molar-refractivity contribution in [3.8, 4) is 11.4 Å². The molecular weight excluding hydrogens is 424 g/mol. The standard InChI is InChI=1S/C24H18N4O5/c29-22-3-1-2-15-12-16(6-10-19(15)22)24(30)25-17-7-4-14(5-8-17)23-26-20-11-9-18(28(32)33)13-21(20)27(23)31/h4-13,31H,1-3H2,(H-,25,26,30,32,33)/p+1. The molecule has 164 valence electrons. The number of hydrogen-bond donors (Lipinski definition) is 3. The zero-order valence-electron chi connectivity index (χ0n) is 17.4. The van der Waals surface area contributed by atoms with Crippen LogP contribution in [-0.4, -0.2) is 36.7 Å². The van der Waals surface area contributed by atoms with Gasteiger partial charge in [0.15, 0.2) is 11.6 Å². The highest BCUT2D eigenvalue weighted by atomic mass is 16.6. The second-order valence-electron chi connectivity index (χ2n) is 7.87. The molecule has 1 heterocycles. The summed E-state index contributed by atoms with van der Waals surface area (Å²) in [6.45, 7) is 0. The molecule has 3 aromatic carbocycles. The van der Waals surface area contributed by atoms with E-state index in [1.807, 2.05) is 0 Å². The van der Waals surface area contributed by atoms with Crippen LogP contribution in [-0.2, 0) is 6.42 Å². The molecule has 0 atom stereocenters. The first kappa shape index (κ1) is 20.4. The van der Waals surface area contributed by atoms with Gasteiger partial charge in [0.1, 0.15) is 5.52 Å². The first-order valence-corrected chi connectivity index (χ1v) is 10.4. The number of carbonyl (C=O) groups excluding carboxylic acids is 2. The zero-order chi connectivity index (χ0) is 23.1. The van der Waals surface area contributed by atoms with Gasteiger partial charge in [-0.15, -0.1) is 0 Å². The number of ketones is 1. The minimum atomic E-state index is -0.288. The fraction of sp³-hybridized carbons (Fsp3) is 0.125. The van der Waals surface area contributed by atoms with Crippen molar-refractivity contribution in [3.05, 3.63) is 82.3 Å². The molecule has 1 aromatic heterocycles. The lowest BCUT2D eigenvalue weighted by atomic mass is 9.89. The van der Waals surface area contributed by atoms with Gasteiger partial charge in [-0.05, 0) is 60.9 Å². The maximum absolute atomic E-state index is 12.7. The number of imidazole rings is 1. The molecule has 0 bridgehead atoms. The fourth-order valence-corrected chi connectivity index (χ4v) is 4.05. The van der Waals surface area contributed by atoms with E-state index in [9.17, 15) is 19.7 Å². The van der Waals surface area contributed by atoms with Gasteiger partial charge in [-0.3, -0.25) is 9.59 Å². The Labute approximate surface area is 187 Å². The third-order valence-corrected chi connectivity index (χ3v) is 5.75. The number of rotatable bonds is 4. The van der Waals surface area contributed by atoms with E-state index >= 15 is 0 Å². The number of aromatic nitrogens is 2. The summed E-state index contributed by atoms with van der Waals surface area (Å²) in [6, 6.07) is 16.1.